The van der Waals surface area contributed by atoms with Crippen LogP contribution in [0.5, 0.6) is 0 Å². The molecule has 1 aromatic heterocycles. The minimum atomic E-state index is -0.335. The van der Waals surface area contributed by atoms with Gasteiger partial charge < -0.3 is 20.4 Å². The van der Waals surface area contributed by atoms with E-state index in [0.717, 1.165) is 0 Å². The standard InChI is InChI=1S/C12H19N5O2/c1-9(12(18)17-5-7-19-8-6-17)14-10-3-2-4-11(15-10)16-13/h2-4,9H,5-8,13H2,1H3,(H2,14,15,16). The minimum absolute atomic E-state index is 0.0520. The minimum Gasteiger partial charge on any atom is -0.378 e. The van der Waals surface area contributed by atoms with Crippen molar-refractivity contribution in [2.45, 2.75) is 13.0 Å². The third-order valence-corrected chi connectivity index (χ3v) is 2.95. The number of aromatic nitrogens is 1. The Morgan fingerprint density at radius 1 is 1.42 bits per heavy atom. The number of anilines is 2. The van der Waals surface area contributed by atoms with E-state index in [1.165, 1.54) is 0 Å². The number of nitrogens with two attached hydrogens (primary N) is 1. The summed E-state index contributed by atoms with van der Waals surface area (Å²) in [6.45, 7) is 4.31. The number of amides is 1. The molecule has 4 N–H and O–H groups in total. The van der Waals surface area contributed by atoms with E-state index in [0.29, 0.717) is 37.9 Å². The van der Waals surface area contributed by atoms with Gasteiger partial charge in [-0.1, -0.05) is 6.07 Å². The highest BCUT2D eigenvalue weighted by Crippen LogP contribution is 2.10. The summed E-state index contributed by atoms with van der Waals surface area (Å²) in [6, 6.07) is 5.03. The molecule has 0 aliphatic carbocycles. The van der Waals surface area contributed by atoms with Crippen LogP contribution >= 0.6 is 0 Å². The number of nitrogen functional groups attached to an aromatic ring is 1. The van der Waals surface area contributed by atoms with Crippen LogP contribution in [0.1, 0.15) is 6.92 Å². The second-order valence-corrected chi connectivity index (χ2v) is 4.36. The van der Waals surface area contributed by atoms with E-state index in [9.17, 15) is 4.79 Å². The number of morpholine rings is 1. The van der Waals surface area contributed by atoms with Crippen molar-refractivity contribution in [2.24, 2.45) is 5.84 Å². The molecule has 0 aromatic carbocycles. The molecule has 1 aromatic rings. The average Bonchev–Trinajstić information content (AvgIpc) is 2.47. The highest BCUT2D eigenvalue weighted by Gasteiger charge is 2.22. The van der Waals surface area contributed by atoms with E-state index in [1.807, 2.05) is 13.0 Å². The van der Waals surface area contributed by atoms with Crippen molar-refractivity contribution in [3.05, 3.63) is 18.2 Å². The molecule has 1 fully saturated rings. The average molecular weight is 265 g/mol. The molecule has 7 nitrogen and oxygen atoms in total. The molecule has 0 bridgehead atoms. The zero-order chi connectivity index (χ0) is 13.7. The van der Waals surface area contributed by atoms with Gasteiger partial charge in [-0.2, -0.15) is 0 Å². The molecule has 0 spiro atoms. The van der Waals surface area contributed by atoms with Crippen LogP contribution in [-0.4, -0.2) is 48.1 Å². The quantitative estimate of drug-likeness (QED) is 0.525. The van der Waals surface area contributed by atoms with Crippen molar-refractivity contribution in [1.29, 1.82) is 0 Å². The summed E-state index contributed by atoms with van der Waals surface area (Å²) in [7, 11) is 0. The Labute approximate surface area is 112 Å². The predicted octanol–water partition coefficient (Wildman–Crippen LogP) is 0.0264. The van der Waals surface area contributed by atoms with Gasteiger partial charge in [-0.05, 0) is 19.1 Å². The number of hydrazine groups is 1. The Morgan fingerprint density at radius 3 is 2.79 bits per heavy atom. The molecule has 1 aliphatic rings. The van der Waals surface area contributed by atoms with E-state index in [4.69, 9.17) is 10.6 Å². The number of carbonyl (C=O) groups is 1. The maximum Gasteiger partial charge on any atom is 0.244 e. The fourth-order valence-corrected chi connectivity index (χ4v) is 1.94. The van der Waals surface area contributed by atoms with E-state index in [1.54, 1.807) is 17.0 Å². The Hall–Kier alpha value is -1.86. The van der Waals surface area contributed by atoms with Crippen LogP contribution in [0, 0.1) is 0 Å². The Morgan fingerprint density at radius 2 is 2.11 bits per heavy atom. The molecule has 7 heteroatoms. The number of rotatable bonds is 4. The number of hydrogen-bond donors (Lipinski definition) is 3. The molecule has 1 amide bonds. The smallest absolute Gasteiger partial charge is 0.244 e. The molecule has 19 heavy (non-hydrogen) atoms. The number of nitrogens with one attached hydrogen (secondary N) is 2. The lowest BCUT2D eigenvalue weighted by atomic mass is 10.2. The van der Waals surface area contributed by atoms with E-state index in [-0.39, 0.29) is 11.9 Å². The van der Waals surface area contributed by atoms with Crippen molar-refractivity contribution in [2.75, 3.05) is 37.0 Å². The van der Waals surface area contributed by atoms with Crippen molar-refractivity contribution >= 4 is 17.5 Å². The topological polar surface area (TPSA) is 92.5 Å². The number of ether oxygens (including phenoxy) is 1. The molecular weight excluding hydrogens is 246 g/mol. The van der Waals surface area contributed by atoms with E-state index >= 15 is 0 Å². The zero-order valence-electron chi connectivity index (χ0n) is 10.9. The monoisotopic (exact) mass is 265 g/mol. The highest BCUT2D eigenvalue weighted by molar-refractivity contribution is 5.84. The summed E-state index contributed by atoms with van der Waals surface area (Å²) in [5.41, 5.74) is 2.47. The molecule has 0 radical (unpaired) electrons. The Balaban J connectivity index is 1.95. The van der Waals surface area contributed by atoms with Crippen LogP contribution in [0.2, 0.25) is 0 Å². The number of nitrogens with zero attached hydrogens (tertiary/aromatic N) is 2. The summed E-state index contributed by atoms with van der Waals surface area (Å²) < 4.78 is 5.23. The maximum atomic E-state index is 12.2. The summed E-state index contributed by atoms with van der Waals surface area (Å²) in [5.74, 6) is 6.52. The molecule has 104 valence electrons. The molecule has 2 rings (SSSR count). The van der Waals surface area contributed by atoms with Crippen LogP contribution in [0.4, 0.5) is 11.6 Å². The fourth-order valence-electron chi connectivity index (χ4n) is 1.94. The predicted molar refractivity (Wildman–Crippen MR) is 72.5 cm³/mol. The summed E-state index contributed by atoms with van der Waals surface area (Å²) in [5, 5.41) is 3.07. The lowest BCUT2D eigenvalue weighted by Crippen LogP contribution is -2.47. The van der Waals surface area contributed by atoms with Gasteiger partial charge in [-0.3, -0.25) is 4.79 Å². The first kappa shape index (κ1) is 13.6. The Bertz CT molecular complexity index is 434. The normalized spacial score (nSPS) is 16.8. The van der Waals surface area contributed by atoms with Crippen molar-refractivity contribution in [3.8, 4) is 0 Å². The van der Waals surface area contributed by atoms with Crippen molar-refractivity contribution in [1.82, 2.24) is 9.88 Å². The maximum absolute atomic E-state index is 12.2. The lowest BCUT2D eigenvalue weighted by Gasteiger charge is -2.29. The first-order valence-corrected chi connectivity index (χ1v) is 6.27. The van der Waals surface area contributed by atoms with Gasteiger partial charge in [0.05, 0.1) is 13.2 Å². The van der Waals surface area contributed by atoms with Gasteiger partial charge in [0.25, 0.3) is 0 Å². The molecule has 2 heterocycles. The lowest BCUT2D eigenvalue weighted by molar-refractivity contribution is -0.135. The SMILES string of the molecule is CC(Nc1cccc(NN)n1)C(=O)N1CCOCC1. The first-order valence-electron chi connectivity index (χ1n) is 6.27. The van der Waals surface area contributed by atoms with Crippen LogP contribution in [0.25, 0.3) is 0 Å². The fraction of sp³-hybridized carbons (Fsp3) is 0.500. The van der Waals surface area contributed by atoms with Gasteiger partial charge in [0, 0.05) is 13.1 Å². The first-order chi connectivity index (χ1) is 9.20. The molecule has 1 atom stereocenters. The largest absolute Gasteiger partial charge is 0.378 e. The number of carbonyl (C=O) groups excluding carboxylic acids is 1. The summed E-state index contributed by atoms with van der Waals surface area (Å²) in [6.07, 6.45) is 0. The van der Waals surface area contributed by atoms with Crippen molar-refractivity contribution in [3.63, 3.8) is 0 Å². The molecule has 1 saturated heterocycles. The summed E-state index contributed by atoms with van der Waals surface area (Å²) in [4.78, 5) is 18.2. The zero-order valence-corrected chi connectivity index (χ0v) is 10.9. The second kappa shape index (κ2) is 6.35. The van der Waals surface area contributed by atoms with Gasteiger partial charge in [0.1, 0.15) is 17.7 Å². The number of hydrogen-bond acceptors (Lipinski definition) is 6. The molecule has 1 aliphatic heterocycles. The van der Waals surface area contributed by atoms with Crippen LogP contribution in [0.15, 0.2) is 18.2 Å². The highest BCUT2D eigenvalue weighted by atomic mass is 16.5. The van der Waals surface area contributed by atoms with Crippen LogP contribution in [0.3, 0.4) is 0 Å². The third-order valence-electron chi connectivity index (χ3n) is 2.95. The van der Waals surface area contributed by atoms with Crippen molar-refractivity contribution < 1.29 is 9.53 Å². The molecule has 1 unspecified atom stereocenters. The van der Waals surface area contributed by atoms with E-state index < -0.39 is 0 Å². The number of pyridine rings is 1. The van der Waals surface area contributed by atoms with Crippen LogP contribution in [-0.2, 0) is 9.53 Å². The second-order valence-electron chi connectivity index (χ2n) is 4.36. The third kappa shape index (κ3) is 3.55. The molecular formula is C12H19N5O2. The van der Waals surface area contributed by atoms with Gasteiger partial charge in [-0.25, -0.2) is 10.8 Å². The Kier molecular flexibility index (Phi) is 4.53. The van der Waals surface area contributed by atoms with Gasteiger partial charge in [-0.15, -0.1) is 0 Å². The summed E-state index contributed by atoms with van der Waals surface area (Å²) >= 11 is 0. The molecule has 0 saturated carbocycles. The van der Waals surface area contributed by atoms with Gasteiger partial charge in [0.2, 0.25) is 5.91 Å². The van der Waals surface area contributed by atoms with Gasteiger partial charge in [0.15, 0.2) is 0 Å². The van der Waals surface area contributed by atoms with Gasteiger partial charge >= 0.3 is 0 Å². The van der Waals surface area contributed by atoms with E-state index in [2.05, 4.69) is 15.7 Å². The van der Waals surface area contributed by atoms with Crippen LogP contribution < -0.4 is 16.6 Å².